The van der Waals surface area contributed by atoms with E-state index in [4.69, 9.17) is 21.7 Å². The molecule has 0 heterocycles. The Labute approximate surface area is 104 Å². The average molecular weight is 268 g/mol. The van der Waals surface area contributed by atoms with E-state index in [9.17, 15) is 9.50 Å². The molecule has 0 aromatic heterocycles. The van der Waals surface area contributed by atoms with Crippen molar-refractivity contribution in [1.29, 1.82) is 5.41 Å². The Morgan fingerprint density at radius 2 is 2.25 bits per heavy atom. The molecule has 0 radical (unpaired) electrons. The van der Waals surface area contributed by atoms with Crippen molar-refractivity contribution in [2.24, 2.45) is 0 Å². The molecule has 16 heavy (non-hydrogen) atoms. The van der Waals surface area contributed by atoms with Crippen molar-refractivity contribution in [3.05, 3.63) is 34.6 Å². The van der Waals surface area contributed by atoms with E-state index < -0.39 is 17.8 Å². The summed E-state index contributed by atoms with van der Waals surface area (Å²) in [5.74, 6) is -1.07. The highest BCUT2D eigenvalue weighted by atomic mass is 35.5. The molecule has 90 valence electrons. The summed E-state index contributed by atoms with van der Waals surface area (Å²) in [7, 11) is 0. The first kappa shape index (κ1) is 15.2. The van der Waals surface area contributed by atoms with Crippen LogP contribution in [0.2, 0.25) is 5.02 Å². The third-order valence-corrected chi connectivity index (χ3v) is 2.15. The number of halogens is 3. The van der Waals surface area contributed by atoms with Gasteiger partial charge in [0, 0.05) is 10.6 Å². The second kappa shape index (κ2) is 6.68. The fourth-order valence-electron chi connectivity index (χ4n) is 1.14. The molecule has 0 saturated carbocycles. The van der Waals surface area contributed by atoms with Crippen molar-refractivity contribution in [3.63, 3.8) is 0 Å². The van der Waals surface area contributed by atoms with Gasteiger partial charge in [-0.05, 0) is 19.1 Å². The highest BCUT2D eigenvalue weighted by Gasteiger charge is 2.21. The normalized spacial score (nSPS) is 11.5. The van der Waals surface area contributed by atoms with Crippen LogP contribution in [-0.2, 0) is 4.74 Å². The molecule has 0 amide bonds. The van der Waals surface area contributed by atoms with Gasteiger partial charge in [0.2, 0.25) is 5.90 Å². The summed E-state index contributed by atoms with van der Waals surface area (Å²) in [6.45, 7) is 1.91. The Kier molecular flexibility index (Phi) is 6.33. The van der Waals surface area contributed by atoms with Crippen LogP contribution in [0, 0.1) is 11.2 Å². The minimum atomic E-state index is -1.46. The van der Waals surface area contributed by atoms with Gasteiger partial charge in [-0.2, -0.15) is 0 Å². The van der Waals surface area contributed by atoms with Crippen molar-refractivity contribution >= 4 is 29.9 Å². The number of benzene rings is 1. The Morgan fingerprint density at radius 1 is 1.62 bits per heavy atom. The van der Waals surface area contributed by atoms with E-state index in [1.165, 1.54) is 18.2 Å². The van der Waals surface area contributed by atoms with Gasteiger partial charge in [-0.15, -0.1) is 12.4 Å². The topological polar surface area (TPSA) is 53.3 Å². The molecular weight excluding hydrogens is 256 g/mol. The highest BCUT2D eigenvalue weighted by Crippen LogP contribution is 2.26. The lowest BCUT2D eigenvalue weighted by Gasteiger charge is -2.14. The second-order valence-electron chi connectivity index (χ2n) is 2.84. The predicted molar refractivity (Wildman–Crippen MR) is 63.0 cm³/mol. The molecule has 1 unspecified atom stereocenters. The molecule has 0 aliphatic carbocycles. The number of rotatable bonds is 3. The Balaban J connectivity index is 0.00000225. The van der Waals surface area contributed by atoms with Crippen molar-refractivity contribution in [1.82, 2.24) is 0 Å². The van der Waals surface area contributed by atoms with Crippen LogP contribution in [-0.4, -0.2) is 17.6 Å². The molecule has 1 rings (SSSR count). The maximum Gasteiger partial charge on any atom is 0.215 e. The third-order valence-electron chi connectivity index (χ3n) is 1.82. The van der Waals surface area contributed by atoms with E-state index in [0.717, 1.165) is 0 Å². The number of hydrogen-bond donors (Lipinski definition) is 2. The van der Waals surface area contributed by atoms with Crippen LogP contribution in [0.25, 0.3) is 0 Å². The van der Waals surface area contributed by atoms with Gasteiger partial charge in [0.05, 0.1) is 6.61 Å². The molecule has 0 spiro atoms. The van der Waals surface area contributed by atoms with Gasteiger partial charge in [0.25, 0.3) is 0 Å². The average Bonchev–Trinajstić information content (AvgIpc) is 2.17. The van der Waals surface area contributed by atoms with Crippen LogP contribution in [0.15, 0.2) is 18.2 Å². The predicted octanol–water partition coefficient (Wildman–Crippen LogP) is 2.95. The van der Waals surface area contributed by atoms with E-state index in [1.807, 2.05) is 0 Å². The molecule has 3 nitrogen and oxygen atoms in total. The first-order valence-electron chi connectivity index (χ1n) is 4.41. The lowest BCUT2D eigenvalue weighted by Crippen LogP contribution is -2.16. The summed E-state index contributed by atoms with van der Waals surface area (Å²) in [6.07, 6.45) is -1.46. The van der Waals surface area contributed by atoms with Gasteiger partial charge in [0.15, 0.2) is 6.10 Å². The maximum absolute atomic E-state index is 13.3. The summed E-state index contributed by atoms with van der Waals surface area (Å²) in [6, 6.07) is 4.05. The lowest BCUT2D eigenvalue weighted by atomic mass is 10.1. The Bertz CT molecular complexity index is 354. The number of ether oxygens (including phenoxy) is 1. The van der Waals surface area contributed by atoms with Gasteiger partial charge in [-0.25, -0.2) is 4.39 Å². The molecule has 1 aromatic rings. The molecule has 0 fully saturated rings. The minimum Gasteiger partial charge on any atom is -0.479 e. The molecular formula is C10H12Cl2FNO2. The fraction of sp³-hybridized carbons (Fsp3) is 0.300. The number of nitrogens with one attached hydrogen (secondary N) is 1. The zero-order valence-corrected chi connectivity index (χ0v) is 10.1. The smallest absolute Gasteiger partial charge is 0.215 e. The van der Waals surface area contributed by atoms with Crippen LogP contribution >= 0.6 is 24.0 Å². The van der Waals surface area contributed by atoms with Crippen LogP contribution < -0.4 is 0 Å². The van der Waals surface area contributed by atoms with E-state index in [2.05, 4.69) is 0 Å². The van der Waals surface area contributed by atoms with Crippen LogP contribution in [0.4, 0.5) is 4.39 Å². The molecule has 0 aliphatic heterocycles. The fourth-order valence-corrected chi connectivity index (χ4v) is 1.40. The van der Waals surface area contributed by atoms with Gasteiger partial charge in [-0.3, -0.25) is 5.41 Å². The standard InChI is InChI=1S/C10H11ClFNO2.ClH/c1-2-15-10(13)9(14)8-6(11)4-3-5-7(8)12;/h3-5,9,13-14H,2H2,1H3;1H. The Morgan fingerprint density at radius 3 is 2.75 bits per heavy atom. The second-order valence-corrected chi connectivity index (χ2v) is 3.24. The van der Waals surface area contributed by atoms with Gasteiger partial charge in [-0.1, -0.05) is 17.7 Å². The van der Waals surface area contributed by atoms with Gasteiger partial charge in [0.1, 0.15) is 5.82 Å². The highest BCUT2D eigenvalue weighted by molar-refractivity contribution is 6.31. The van der Waals surface area contributed by atoms with Crippen molar-refractivity contribution < 1.29 is 14.2 Å². The molecule has 0 bridgehead atoms. The zero-order valence-electron chi connectivity index (χ0n) is 8.54. The van der Waals surface area contributed by atoms with E-state index >= 15 is 0 Å². The molecule has 2 N–H and O–H groups in total. The van der Waals surface area contributed by atoms with E-state index in [0.29, 0.717) is 0 Å². The van der Waals surface area contributed by atoms with Crippen LogP contribution in [0.1, 0.15) is 18.6 Å². The summed E-state index contributed by atoms with van der Waals surface area (Å²) in [4.78, 5) is 0. The summed E-state index contributed by atoms with van der Waals surface area (Å²) >= 11 is 5.72. The summed E-state index contributed by atoms with van der Waals surface area (Å²) in [5.41, 5.74) is -0.127. The van der Waals surface area contributed by atoms with Crippen molar-refractivity contribution in [2.45, 2.75) is 13.0 Å². The number of hydrogen-bond acceptors (Lipinski definition) is 3. The number of aliphatic hydroxyl groups is 1. The number of aliphatic hydroxyl groups excluding tert-OH is 1. The third kappa shape index (κ3) is 3.33. The van der Waals surface area contributed by atoms with Crippen LogP contribution in [0.5, 0.6) is 0 Å². The largest absolute Gasteiger partial charge is 0.479 e. The molecule has 0 saturated heterocycles. The van der Waals surface area contributed by atoms with Gasteiger partial charge >= 0.3 is 0 Å². The first-order valence-corrected chi connectivity index (χ1v) is 4.79. The summed E-state index contributed by atoms with van der Waals surface area (Å²) in [5, 5.41) is 17.0. The molecule has 0 aliphatic rings. The van der Waals surface area contributed by atoms with E-state index in [-0.39, 0.29) is 29.6 Å². The van der Waals surface area contributed by atoms with Crippen molar-refractivity contribution in [3.8, 4) is 0 Å². The van der Waals surface area contributed by atoms with Gasteiger partial charge < -0.3 is 9.84 Å². The Hall–Kier alpha value is -0.840. The lowest BCUT2D eigenvalue weighted by molar-refractivity contribution is 0.187. The molecule has 1 atom stereocenters. The minimum absolute atomic E-state index is 0. The first-order chi connectivity index (χ1) is 7.07. The quantitative estimate of drug-likeness (QED) is 0.654. The SMILES string of the molecule is CCOC(=N)C(O)c1c(F)cccc1Cl.Cl. The van der Waals surface area contributed by atoms with Crippen LogP contribution in [0.3, 0.4) is 0 Å². The van der Waals surface area contributed by atoms with Crippen molar-refractivity contribution in [2.75, 3.05) is 6.61 Å². The summed E-state index contributed by atoms with van der Waals surface area (Å²) < 4.78 is 18.1. The molecule has 1 aromatic carbocycles. The zero-order chi connectivity index (χ0) is 11.4. The molecule has 6 heteroatoms. The monoisotopic (exact) mass is 267 g/mol. The maximum atomic E-state index is 13.3. The van der Waals surface area contributed by atoms with E-state index in [1.54, 1.807) is 6.92 Å².